The van der Waals surface area contributed by atoms with E-state index in [4.69, 9.17) is 4.98 Å². The van der Waals surface area contributed by atoms with E-state index in [2.05, 4.69) is 56.0 Å². The van der Waals surface area contributed by atoms with Gasteiger partial charge in [0.1, 0.15) is 0 Å². The summed E-state index contributed by atoms with van der Waals surface area (Å²) in [6.45, 7) is 10.0. The van der Waals surface area contributed by atoms with Gasteiger partial charge >= 0.3 is 0 Å². The van der Waals surface area contributed by atoms with E-state index in [1.165, 1.54) is 34.1 Å². The smallest absolute Gasteiger partial charge is 0.0935 e. The van der Waals surface area contributed by atoms with Gasteiger partial charge in [-0.2, -0.15) is 0 Å². The van der Waals surface area contributed by atoms with Crippen LogP contribution in [-0.4, -0.2) is 29.5 Å². The molecule has 0 aliphatic carbocycles. The molecule has 0 amide bonds. The lowest BCUT2D eigenvalue weighted by Crippen LogP contribution is -2.24. The van der Waals surface area contributed by atoms with Crippen LogP contribution in [0, 0.1) is 6.92 Å². The van der Waals surface area contributed by atoms with Crippen LogP contribution in [0.3, 0.4) is 0 Å². The molecule has 2 nitrogen and oxygen atoms in total. The molecular formula is C17H24N2S. The van der Waals surface area contributed by atoms with Crippen molar-refractivity contribution in [1.82, 2.24) is 9.88 Å². The van der Waals surface area contributed by atoms with Gasteiger partial charge in [0.25, 0.3) is 0 Å². The maximum absolute atomic E-state index is 4.74. The normalized spacial score (nSPS) is 11.2. The minimum Gasteiger partial charge on any atom is -0.304 e. The van der Waals surface area contributed by atoms with Crippen LogP contribution in [0.1, 0.15) is 31.0 Å². The van der Waals surface area contributed by atoms with Gasteiger partial charge in [-0.15, -0.1) is 11.3 Å². The Bertz CT molecular complexity index is 515. The highest BCUT2D eigenvalue weighted by atomic mass is 32.1. The van der Waals surface area contributed by atoms with Gasteiger partial charge in [-0.05, 0) is 38.5 Å². The van der Waals surface area contributed by atoms with Gasteiger partial charge in [0.05, 0.1) is 15.6 Å². The molecule has 3 heteroatoms. The zero-order valence-corrected chi connectivity index (χ0v) is 13.5. The lowest BCUT2D eigenvalue weighted by Gasteiger charge is -2.16. The summed E-state index contributed by atoms with van der Waals surface area (Å²) in [6.07, 6.45) is 2.29. The zero-order valence-electron chi connectivity index (χ0n) is 12.7. The molecule has 1 aromatic heterocycles. The minimum atomic E-state index is 1.09. The molecule has 0 aliphatic heterocycles. The first kappa shape index (κ1) is 15.2. The third kappa shape index (κ3) is 3.90. The fourth-order valence-corrected chi connectivity index (χ4v) is 3.52. The van der Waals surface area contributed by atoms with Crippen molar-refractivity contribution < 1.29 is 0 Å². The number of benzene rings is 1. The molecule has 0 saturated carbocycles. The van der Waals surface area contributed by atoms with E-state index in [-0.39, 0.29) is 0 Å². The number of aryl methyl sites for hydroxylation is 2. The fourth-order valence-electron chi connectivity index (χ4n) is 2.41. The first-order chi connectivity index (χ1) is 9.74. The van der Waals surface area contributed by atoms with Crippen LogP contribution >= 0.6 is 11.3 Å². The second-order valence-electron chi connectivity index (χ2n) is 5.02. The van der Waals surface area contributed by atoms with Crippen molar-refractivity contribution in [3.63, 3.8) is 0 Å². The average molecular weight is 288 g/mol. The van der Waals surface area contributed by atoms with Crippen LogP contribution in [0.2, 0.25) is 0 Å². The summed E-state index contributed by atoms with van der Waals surface area (Å²) >= 11 is 1.85. The largest absolute Gasteiger partial charge is 0.304 e. The predicted octanol–water partition coefficient (Wildman–Crippen LogP) is 4.39. The third-order valence-corrected chi connectivity index (χ3v) is 4.90. The Morgan fingerprint density at radius 1 is 1.10 bits per heavy atom. The van der Waals surface area contributed by atoms with E-state index in [0.717, 1.165) is 19.5 Å². The van der Waals surface area contributed by atoms with Crippen LogP contribution in [0.4, 0.5) is 0 Å². The molecule has 0 radical (unpaired) electrons. The molecule has 0 spiro atoms. The van der Waals surface area contributed by atoms with Crippen molar-refractivity contribution in [3.05, 3.63) is 41.0 Å². The third-order valence-electron chi connectivity index (χ3n) is 3.64. The molecule has 0 saturated heterocycles. The highest BCUT2D eigenvalue weighted by molar-refractivity contribution is 7.15. The average Bonchev–Trinajstić information content (AvgIpc) is 2.85. The summed E-state index contributed by atoms with van der Waals surface area (Å²) in [4.78, 5) is 8.53. The molecule has 2 rings (SSSR count). The Labute approximate surface area is 126 Å². The van der Waals surface area contributed by atoms with E-state index in [1.54, 1.807) is 0 Å². The summed E-state index contributed by atoms with van der Waals surface area (Å²) in [5, 5.41) is 1.27. The number of hydrogen-bond acceptors (Lipinski definition) is 3. The molecule has 0 N–H and O–H groups in total. The first-order valence-electron chi connectivity index (χ1n) is 7.48. The molecule has 1 heterocycles. The second-order valence-corrected chi connectivity index (χ2v) is 6.10. The van der Waals surface area contributed by atoms with Crippen molar-refractivity contribution in [2.45, 2.75) is 33.6 Å². The molecule has 0 aliphatic rings. The van der Waals surface area contributed by atoms with Gasteiger partial charge < -0.3 is 4.90 Å². The summed E-state index contributed by atoms with van der Waals surface area (Å²) in [7, 11) is 0. The number of thiazole rings is 1. The van der Waals surface area contributed by atoms with Crippen LogP contribution in [-0.2, 0) is 6.42 Å². The van der Waals surface area contributed by atoms with Gasteiger partial charge in [0.15, 0.2) is 0 Å². The first-order valence-corrected chi connectivity index (χ1v) is 8.30. The number of hydrogen-bond donors (Lipinski definition) is 0. The van der Waals surface area contributed by atoms with E-state index < -0.39 is 0 Å². The van der Waals surface area contributed by atoms with Crippen LogP contribution < -0.4 is 0 Å². The van der Waals surface area contributed by atoms with Gasteiger partial charge in [-0.25, -0.2) is 4.98 Å². The molecule has 0 atom stereocenters. The van der Waals surface area contributed by atoms with E-state index in [1.807, 2.05) is 11.3 Å². The van der Waals surface area contributed by atoms with Gasteiger partial charge in [-0.1, -0.05) is 44.2 Å². The van der Waals surface area contributed by atoms with Crippen molar-refractivity contribution in [3.8, 4) is 10.4 Å². The SMILES string of the molecule is CCN(CC)CCCc1nc(C)c(-c2ccccc2)s1. The van der Waals surface area contributed by atoms with Crippen LogP contribution in [0.15, 0.2) is 30.3 Å². The summed E-state index contributed by atoms with van der Waals surface area (Å²) in [5.41, 5.74) is 2.46. The summed E-state index contributed by atoms with van der Waals surface area (Å²) in [6, 6.07) is 10.6. The van der Waals surface area contributed by atoms with Crippen molar-refractivity contribution >= 4 is 11.3 Å². The number of aromatic nitrogens is 1. The van der Waals surface area contributed by atoms with Gasteiger partial charge in [0.2, 0.25) is 0 Å². The van der Waals surface area contributed by atoms with E-state index >= 15 is 0 Å². The molecule has 0 fully saturated rings. The zero-order chi connectivity index (χ0) is 14.4. The van der Waals surface area contributed by atoms with E-state index in [9.17, 15) is 0 Å². The number of nitrogens with zero attached hydrogens (tertiary/aromatic N) is 2. The lowest BCUT2D eigenvalue weighted by atomic mass is 10.2. The van der Waals surface area contributed by atoms with Crippen molar-refractivity contribution in [2.75, 3.05) is 19.6 Å². The maximum atomic E-state index is 4.74. The maximum Gasteiger partial charge on any atom is 0.0935 e. The molecule has 2 aromatic rings. The standard InChI is InChI=1S/C17H24N2S/c1-4-19(5-2)13-9-12-16-18-14(3)17(20-16)15-10-7-6-8-11-15/h6-8,10-11H,4-5,9,12-13H2,1-3H3. The monoisotopic (exact) mass is 288 g/mol. The topological polar surface area (TPSA) is 16.1 Å². The highest BCUT2D eigenvalue weighted by Gasteiger charge is 2.09. The minimum absolute atomic E-state index is 1.09. The Balaban J connectivity index is 1.98. The highest BCUT2D eigenvalue weighted by Crippen LogP contribution is 2.30. The Hall–Kier alpha value is -1.19. The lowest BCUT2D eigenvalue weighted by molar-refractivity contribution is 0.300. The Morgan fingerprint density at radius 2 is 1.80 bits per heavy atom. The van der Waals surface area contributed by atoms with E-state index in [0.29, 0.717) is 0 Å². The summed E-state index contributed by atoms with van der Waals surface area (Å²) in [5.74, 6) is 0. The van der Waals surface area contributed by atoms with Crippen LogP contribution in [0.5, 0.6) is 0 Å². The van der Waals surface area contributed by atoms with Gasteiger partial charge in [-0.3, -0.25) is 0 Å². The fraction of sp³-hybridized carbons (Fsp3) is 0.471. The number of rotatable bonds is 7. The Kier molecular flexibility index (Phi) is 5.74. The molecule has 0 bridgehead atoms. The Morgan fingerprint density at radius 3 is 2.45 bits per heavy atom. The molecular weight excluding hydrogens is 264 g/mol. The predicted molar refractivity (Wildman–Crippen MR) is 88.4 cm³/mol. The van der Waals surface area contributed by atoms with Crippen molar-refractivity contribution in [2.24, 2.45) is 0 Å². The molecule has 1 aromatic carbocycles. The second kappa shape index (κ2) is 7.55. The quantitative estimate of drug-likeness (QED) is 0.751. The summed E-state index contributed by atoms with van der Waals surface area (Å²) < 4.78 is 0. The molecule has 20 heavy (non-hydrogen) atoms. The van der Waals surface area contributed by atoms with Crippen LogP contribution in [0.25, 0.3) is 10.4 Å². The molecule has 0 unspecified atom stereocenters. The van der Waals surface area contributed by atoms with Crippen molar-refractivity contribution in [1.29, 1.82) is 0 Å². The van der Waals surface area contributed by atoms with Gasteiger partial charge in [0, 0.05) is 6.42 Å². The molecule has 108 valence electrons.